The number of aliphatic carboxylic acids is 1. The number of primary amides is 1. The minimum absolute atomic E-state index is 0.0126. The molecular formula is C20H34N4O11. The first-order valence-corrected chi connectivity index (χ1v) is 10.7. The Kier molecular flexibility index (Phi) is 15.0. The van der Waals surface area contributed by atoms with Crippen molar-refractivity contribution in [1.82, 2.24) is 16.0 Å². The van der Waals surface area contributed by atoms with Gasteiger partial charge in [-0.1, -0.05) is 6.92 Å². The van der Waals surface area contributed by atoms with Crippen LogP contribution in [0.2, 0.25) is 0 Å². The van der Waals surface area contributed by atoms with Gasteiger partial charge in [-0.15, -0.1) is 0 Å². The Balaban J connectivity index is 4.79. The fourth-order valence-electron chi connectivity index (χ4n) is 2.88. The van der Waals surface area contributed by atoms with E-state index < -0.39 is 79.1 Å². The van der Waals surface area contributed by atoms with E-state index in [1.165, 1.54) is 0 Å². The molecule has 0 aromatic rings. The third-order valence-corrected chi connectivity index (χ3v) is 4.70. The van der Waals surface area contributed by atoms with Crippen molar-refractivity contribution >= 4 is 35.9 Å². The summed E-state index contributed by atoms with van der Waals surface area (Å²) in [4.78, 5) is 68.8. The SMILES string of the molecule is CC(=O)N[C@@H](C=O)[C@@H](OCC(=O)NCC(C)CC(=O)NC(CCC(=O)O)C(N)=O)[C@H](O)[C@H](O)CO. The highest BCUT2D eigenvalue weighted by molar-refractivity contribution is 5.87. The molecule has 0 aliphatic heterocycles. The molecule has 15 nitrogen and oxygen atoms in total. The molecule has 0 bridgehead atoms. The summed E-state index contributed by atoms with van der Waals surface area (Å²) in [5, 5.41) is 44.5. The van der Waals surface area contributed by atoms with E-state index in [1.807, 2.05) is 0 Å². The molecule has 0 aromatic carbocycles. The number of amides is 4. The van der Waals surface area contributed by atoms with E-state index in [4.69, 9.17) is 20.7 Å². The molecule has 4 amide bonds. The van der Waals surface area contributed by atoms with Gasteiger partial charge in [0.15, 0.2) is 0 Å². The standard InChI is InChI=1S/C20H34N4O11/c1-10(5-15(29)24-12(20(21)34)3-4-17(31)32)6-22-16(30)9-35-19(18(33)14(28)8-26)13(7-25)23-11(2)27/h7,10,12-14,18-19,26,28,33H,3-6,8-9H2,1-2H3,(H2,21,34)(H,22,30)(H,23,27)(H,24,29)(H,31,32)/t10?,12?,13-,14+,18+,19+/m0/s1. The Morgan fingerprint density at radius 2 is 1.71 bits per heavy atom. The molecule has 0 aliphatic rings. The number of aldehydes is 1. The topological polar surface area (TPSA) is 255 Å². The lowest BCUT2D eigenvalue weighted by molar-refractivity contribution is -0.145. The lowest BCUT2D eigenvalue weighted by Crippen LogP contribution is -2.55. The fourth-order valence-corrected chi connectivity index (χ4v) is 2.88. The maximum Gasteiger partial charge on any atom is 0.303 e. The van der Waals surface area contributed by atoms with Gasteiger partial charge >= 0.3 is 5.97 Å². The maximum absolute atomic E-state index is 12.1. The van der Waals surface area contributed by atoms with Crippen LogP contribution in [-0.2, 0) is 33.5 Å². The molecule has 0 heterocycles. The first kappa shape index (κ1) is 31.9. The summed E-state index contributed by atoms with van der Waals surface area (Å²) in [5.74, 6) is -4.39. The van der Waals surface area contributed by atoms with Crippen molar-refractivity contribution in [2.75, 3.05) is 19.8 Å². The van der Waals surface area contributed by atoms with Gasteiger partial charge in [0.05, 0.1) is 6.61 Å². The van der Waals surface area contributed by atoms with Crippen molar-refractivity contribution in [3.05, 3.63) is 0 Å². The number of carboxylic acids is 1. The first-order chi connectivity index (χ1) is 16.3. The molecule has 15 heteroatoms. The van der Waals surface area contributed by atoms with E-state index in [0.717, 1.165) is 6.92 Å². The highest BCUT2D eigenvalue weighted by Crippen LogP contribution is 2.09. The molecule has 200 valence electrons. The summed E-state index contributed by atoms with van der Waals surface area (Å²) in [6.45, 7) is 1.14. The predicted molar refractivity (Wildman–Crippen MR) is 117 cm³/mol. The van der Waals surface area contributed by atoms with Crippen LogP contribution in [0.5, 0.6) is 0 Å². The molecule has 0 spiro atoms. The van der Waals surface area contributed by atoms with Crippen molar-refractivity contribution in [3.8, 4) is 0 Å². The van der Waals surface area contributed by atoms with Crippen molar-refractivity contribution in [2.24, 2.45) is 11.7 Å². The highest BCUT2D eigenvalue weighted by Gasteiger charge is 2.34. The number of nitrogens with two attached hydrogens (primary N) is 1. The average Bonchev–Trinajstić information content (AvgIpc) is 2.78. The van der Waals surface area contributed by atoms with Gasteiger partial charge in [0.2, 0.25) is 23.6 Å². The number of rotatable bonds is 18. The van der Waals surface area contributed by atoms with Crippen LogP contribution in [0.3, 0.4) is 0 Å². The second kappa shape index (κ2) is 16.5. The summed E-state index contributed by atoms with van der Waals surface area (Å²) in [7, 11) is 0. The number of carbonyl (C=O) groups is 6. The van der Waals surface area contributed by atoms with E-state index in [2.05, 4.69) is 16.0 Å². The molecule has 9 N–H and O–H groups in total. The number of hydrogen-bond donors (Lipinski definition) is 8. The molecule has 6 atom stereocenters. The zero-order valence-corrected chi connectivity index (χ0v) is 19.5. The Morgan fingerprint density at radius 3 is 2.20 bits per heavy atom. The number of carboxylic acid groups (broad SMARTS) is 1. The second-order valence-electron chi connectivity index (χ2n) is 7.95. The quantitative estimate of drug-likeness (QED) is 0.0826. The van der Waals surface area contributed by atoms with Crippen LogP contribution in [0.4, 0.5) is 0 Å². The molecule has 0 fully saturated rings. The number of hydrogen-bond acceptors (Lipinski definition) is 10. The van der Waals surface area contributed by atoms with Crippen molar-refractivity contribution in [1.29, 1.82) is 0 Å². The molecule has 0 aliphatic carbocycles. The molecule has 2 unspecified atom stereocenters. The third kappa shape index (κ3) is 13.4. The van der Waals surface area contributed by atoms with Gasteiger partial charge in [-0.05, 0) is 12.3 Å². The van der Waals surface area contributed by atoms with Crippen LogP contribution < -0.4 is 21.7 Å². The molecule has 0 radical (unpaired) electrons. The molecular weight excluding hydrogens is 472 g/mol. The van der Waals surface area contributed by atoms with E-state index in [1.54, 1.807) is 6.92 Å². The maximum atomic E-state index is 12.1. The Hall–Kier alpha value is -3.14. The summed E-state index contributed by atoms with van der Waals surface area (Å²) in [5.41, 5.74) is 5.15. The van der Waals surface area contributed by atoms with Crippen LogP contribution in [0, 0.1) is 5.92 Å². The zero-order valence-electron chi connectivity index (χ0n) is 19.5. The minimum Gasteiger partial charge on any atom is -0.481 e. The summed E-state index contributed by atoms with van der Waals surface area (Å²) in [6, 6.07) is -2.57. The normalized spacial score (nSPS) is 16.0. The van der Waals surface area contributed by atoms with Crippen LogP contribution in [0.1, 0.15) is 33.1 Å². The molecule has 0 aromatic heterocycles. The summed E-state index contributed by atoms with van der Waals surface area (Å²) < 4.78 is 5.22. The Bertz CT molecular complexity index is 749. The fraction of sp³-hybridized carbons (Fsp3) is 0.700. The van der Waals surface area contributed by atoms with Gasteiger partial charge in [0.25, 0.3) is 0 Å². The van der Waals surface area contributed by atoms with Crippen LogP contribution >= 0.6 is 0 Å². The van der Waals surface area contributed by atoms with Gasteiger partial charge in [0.1, 0.15) is 43.3 Å². The van der Waals surface area contributed by atoms with E-state index in [9.17, 15) is 39.0 Å². The minimum atomic E-state index is -1.81. The van der Waals surface area contributed by atoms with Gasteiger partial charge in [-0.2, -0.15) is 0 Å². The first-order valence-electron chi connectivity index (χ1n) is 10.7. The Morgan fingerprint density at radius 1 is 1.09 bits per heavy atom. The zero-order chi connectivity index (χ0) is 27.1. The van der Waals surface area contributed by atoms with E-state index in [-0.39, 0.29) is 32.1 Å². The van der Waals surface area contributed by atoms with Crippen molar-refractivity contribution < 1.29 is 53.9 Å². The highest BCUT2D eigenvalue weighted by atomic mass is 16.5. The molecule has 0 saturated carbocycles. The third-order valence-electron chi connectivity index (χ3n) is 4.70. The van der Waals surface area contributed by atoms with Crippen molar-refractivity contribution in [2.45, 2.75) is 63.5 Å². The predicted octanol–water partition coefficient (Wildman–Crippen LogP) is -4.23. The average molecular weight is 507 g/mol. The lowest BCUT2D eigenvalue weighted by atomic mass is 10.0. The number of aliphatic hydroxyl groups excluding tert-OH is 3. The Labute approximate surface area is 201 Å². The molecule has 0 rings (SSSR count). The summed E-state index contributed by atoms with van der Waals surface area (Å²) in [6.07, 6.45) is -5.49. The van der Waals surface area contributed by atoms with Gasteiger partial charge in [0, 0.05) is 26.3 Å². The lowest BCUT2D eigenvalue weighted by Gasteiger charge is -2.30. The van der Waals surface area contributed by atoms with Gasteiger partial charge in [-0.3, -0.25) is 24.0 Å². The number of carbonyl (C=O) groups excluding carboxylic acids is 5. The van der Waals surface area contributed by atoms with E-state index in [0.29, 0.717) is 0 Å². The van der Waals surface area contributed by atoms with Crippen LogP contribution in [-0.4, -0.2) is 106 Å². The van der Waals surface area contributed by atoms with Gasteiger partial charge in [-0.25, -0.2) is 0 Å². The van der Waals surface area contributed by atoms with Crippen LogP contribution in [0.15, 0.2) is 0 Å². The van der Waals surface area contributed by atoms with Crippen LogP contribution in [0.25, 0.3) is 0 Å². The second-order valence-corrected chi connectivity index (χ2v) is 7.95. The summed E-state index contributed by atoms with van der Waals surface area (Å²) >= 11 is 0. The van der Waals surface area contributed by atoms with Gasteiger partial charge < -0.3 is 51.6 Å². The van der Waals surface area contributed by atoms with E-state index >= 15 is 0 Å². The number of aliphatic hydroxyl groups is 3. The smallest absolute Gasteiger partial charge is 0.303 e. The number of ether oxygens (including phenoxy) is 1. The number of nitrogens with one attached hydrogen (secondary N) is 3. The monoisotopic (exact) mass is 506 g/mol. The molecule has 0 saturated heterocycles. The molecule has 35 heavy (non-hydrogen) atoms. The van der Waals surface area contributed by atoms with Crippen molar-refractivity contribution in [3.63, 3.8) is 0 Å². The largest absolute Gasteiger partial charge is 0.481 e.